The van der Waals surface area contributed by atoms with E-state index in [1.54, 1.807) is 17.0 Å². The minimum Gasteiger partial charge on any atom is -0.398 e. The van der Waals surface area contributed by atoms with E-state index in [0.717, 1.165) is 23.2 Å². The summed E-state index contributed by atoms with van der Waals surface area (Å²) >= 11 is 0. The average molecular weight is 400 g/mol. The quantitative estimate of drug-likeness (QED) is 0.572. The summed E-state index contributed by atoms with van der Waals surface area (Å²) in [4.78, 5) is 27.0. The zero-order valence-corrected chi connectivity index (χ0v) is 16.5. The highest BCUT2D eigenvalue weighted by Gasteiger charge is 2.30. The van der Waals surface area contributed by atoms with E-state index in [1.165, 1.54) is 0 Å². The monoisotopic (exact) mass is 400 g/mol. The summed E-state index contributed by atoms with van der Waals surface area (Å²) in [5.74, 6) is -0.101. The Morgan fingerprint density at radius 1 is 0.933 bits per heavy atom. The van der Waals surface area contributed by atoms with Crippen molar-refractivity contribution in [3.63, 3.8) is 0 Å². The van der Waals surface area contributed by atoms with Gasteiger partial charge < -0.3 is 21.3 Å². The summed E-state index contributed by atoms with van der Waals surface area (Å²) in [6.45, 7) is 0.629. The molecule has 0 aliphatic carbocycles. The predicted octanol–water partition coefficient (Wildman–Crippen LogP) is 4.25. The van der Waals surface area contributed by atoms with Crippen LogP contribution in [0.1, 0.15) is 12.8 Å². The van der Waals surface area contributed by atoms with Crippen molar-refractivity contribution < 1.29 is 9.59 Å². The van der Waals surface area contributed by atoms with E-state index in [0.29, 0.717) is 24.3 Å². The SMILES string of the molecule is Nc1ccccc1-c1ccc(N2CCCC(NC(=O)Nc3ccccc3)C2=O)cc1. The number of para-hydroxylation sites is 2. The van der Waals surface area contributed by atoms with Crippen molar-refractivity contribution in [2.45, 2.75) is 18.9 Å². The number of urea groups is 1. The van der Waals surface area contributed by atoms with Gasteiger partial charge in [0.05, 0.1) is 0 Å². The lowest BCUT2D eigenvalue weighted by Gasteiger charge is -2.32. The maximum absolute atomic E-state index is 13.0. The van der Waals surface area contributed by atoms with Crippen LogP contribution in [0, 0.1) is 0 Å². The Labute approximate surface area is 175 Å². The molecular formula is C24H24N4O2. The second kappa shape index (κ2) is 8.69. The van der Waals surface area contributed by atoms with Crippen molar-refractivity contribution in [3.05, 3.63) is 78.9 Å². The Bertz CT molecular complexity index is 1030. The molecule has 0 saturated carbocycles. The summed E-state index contributed by atoms with van der Waals surface area (Å²) < 4.78 is 0. The number of nitrogen functional groups attached to an aromatic ring is 1. The Kier molecular flexibility index (Phi) is 5.66. The van der Waals surface area contributed by atoms with Crippen LogP contribution < -0.4 is 21.3 Å². The van der Waals surface area contributed by atoms with E-state index in [9.17, 15) is 9.59 Å². The van der Waals surface area contributed by atoms with Crippen LogP contribution in [0.3, 0.4) is 0 Å². The Morgan fingerprint density at radius 3 is 2.37 bits per heavy atom. The van der Waals surface area contributed by atoms with Gasteiger partial charge in [0, 0.05) is 29.2 Å². The second-order valence-electron chi connectivity index (χ2n) is 7.28. The van der Waals surface area contributed by atoms with Crippen molar-refractivity contribution in [2.75, 3.05) is 22.5 Å². The molecule has 1 unspecified atom stereocenters. The van der Waals surface area contributed by atoms with E-state index < -0.39 is 6.04 Å². The molecule has 6 nitrogen and oxygen atoms in total. The summed E-state index contributed by atoms with van der Waals surface area (Å²) in [5.41, 5.74) is 10.2. The van der Waals surface area contributed by atoms with Gasteiger partial charge >= 0.3 is 6.03 Å². The molecule has 0 aromatic heterocycles. The van der Waals surface area contributed by atoms with Gasteiger partial charge in [-0.2, -0.15) is 0 Å². The molecule has 3 aromatic carbocycles. The van der Waals surface area contributed by atoms with Crippen molar-refractivity contribution in [2.24, 2.45) is 0 Å². The van der Waals surface area contributed by atoms with E-state index in [1.807, 2.05) is 66.7 Å². The number of anilines is 3. The molecule has 4 N–H and O–H groups in total. The highest BCUT2D eigenvalue weighted by atomic mass is 16.2. The first-order valence-corrected chi connectivity index (χ1v) is 10.0. The number of amides is 3. The zero-order valence-electron chi connectivity index (χ0n) is 16.5. The molecule has 6 heteroatoms. The number of nitrogens with zero attached hydrogens (tertiary/aromatic N) is 1. The van der Waals surface area contributed by atoms with E-state index in [4.69, 9.17) is 5.73 Å². The largest absolute Gasteiger partial charge is 0.398 e. The molecule has 30 heavy (non-hydrogen) atoms. The molecule has 3 aromatic rings. The highest BCUT2D eigenvalue weighted by Crippen LogP contribution is 2.29. The minimum atomic E-state index is -0.549. The number of carbonyl (C=O) groups excluding carboxylic acids is 2. The lowest BCUT2D eigenvalue weighted by molar-refractivity contribution is -0.121. The number of benzene rings is 3. The van der Waals surface area contributed by atoms with Crippen LogP contribution >= 0.6 is 0 Å². The first-order valence-electron chi connectivity index (χ1n) is 10.0. The fourth-order valence-electron chi connectivity index (χ4n) is 3.69. The number of hydrogen-bond acceptors (Lipinski definition) is 3. The third-order valence-electron chi connectivity index (χ3n) is 5.23. The van der Waals surface area contributed by atoms with E-state index in [2.05, 4.69) is 10.6 Å². The number of nitrogens with one attached hydrogen (secondary N) is 2. The molecule has 1 saturated heterocycles. The van der Waals surface area contributed by atoms with Gasteiger partial charge in [-0.1, -0.05) is 48.5 Å². The molecule has 152 valence electrons. The van der Waals surface area contributed by atoms with Crippen molar-refractivity contribution in [1.29, 1.82) is 0 Å². The number of nitrogens with two attached hydrogens (primary N) is 1. The van der Waals surface area contributed by atoms with Crippen LogP contribution in [0.5, 0.6) is 0 Å². The zero-order chi connectivity index (χ0) is 20.9. The average Bonchev–Trinajstić information content (AvgIpc) is 2.76. The van der Waals surface area contributed by atoms with Gasteiger partial charge in [0.2, 0.25) is 5.91 Å². The van der Waals surface area contributed by atoms with Gasteiger partial charge in [0.15, 0.2) is 0 Å². The van der Waals surface area contributed by atoms with Crippen molar-refractivity contribution in [3.8, 4) is 11.1 Å². The summed E-state index contributed by atoms with van der Waals surface area (Å²) in [6, 6.07) is 23.7. The first-order chi connectivity index (χ1) is 14.6. The fraction of sp³-hybridized carbons (Fsp3) is 0.167. The number of rotatable bonds is 4. The number of carbonyl (C=O) groups is 2. The fourth-order valence-corrected chi connectivity index (χ4v) is 3.69. The van der Waals surface area contributed by atoms with Crippen molar-refractivity contribution in [1.82, 2.24) is 5.32 Å². The molecule has 4 rings (SSSR count). The highest BCUT2D eigenvalue weighted by molar-refractivity contribution is 6.01. The van der Waals surface area contributed by atoms with Crippen LogP contribution in [0.4, 0.5) is 21.9 Å². The molecule has 1 fully saturated rings. The Balaban J connectivity index is 1.44. The number of hydrogen-bond donors (Lipinski definition) is 3. The van der Waals surface area contributed by atoms with Crippen LogP contribution in [-0.2, 0) is 4.79 Å². The normalized spacial score (nSPS) is 16.2. The molecule has 1 atom stereocenters. The molecule has 0 bridgehead atoms. The second-order valence-corrected chi connectivity index (χ2v) is 7.28. The summed E-state index contributed by atoms with van der Waals surface area (Å²) in [5, 5.41) is 5.57. The van der Waals surface area contributed by atoms with E-state index >= 15 is 0 Å². The first kappa shape index (κ1) is 19.5. The third kappa shape index (κ3) is 4.27. The molecule has 1 aliphatic rings. The van der Waals surface area contributed by atoms with E-state index in [-0.39, 0.29) is 11.9 Å². The minimum absolute atomic E-state index is 0.101. The lowest BCUT2D eigenvalue weighted by atomic mass is 10.0. The van der Waals surface area contributed by atoms with Gasteiger partial charge in [0.1, 0.15) is 6.04 Å². The third-order valence-corrected chi connectivity index (χ3v) is 5.23. The Hall–Kier alpha value is -3.80. The molecule has 0 radical (unpaired) electrons. The van der Waals surface area contributed by atoms with Crippen LogP contribution in [0.2, 0.25) is 0 Å². The van der Waals surface area contributed by atoms with Gasteiger partial charge in [-0.15, -0.1) is 0 Å². The molecular weight excluding hydrogens is 376 g/mol. The standard InChI is InChI=1S/C24H24N4O2/c25-21-10-5-4-9-20(21)17-12-14-19(15-13-17)28-16-6-11-22(23(28)29)27-24(30)26-18-7-2-1-3-8-18/h1-5,7-10,12-15,22H,6,11,16,25H2,(H2,26,27,30). The van der Waals surface area contributed by atoms with Gasteiger partial charge in [-0.25, -0.2) is 4.79 Å². The maximum atomic E-state index is 13.0. The molecule has 0 spiro atoms. The Morgan fingerprint density at radius 2 is 1.63 bits per heavy atom. The summed E-state index contributed by atoms with van der Waals surface area (Å²) in [6.07, 6.45) is 1.44. The van der Waals surface area contributed by atoms with Gasteiger partial charge in [-0.05, 0) is 48.7 Å². The smallest absolute Gasteiger partial charge is 0.319 e. The van der Waals surface area contributed by atoms with Gasteiger partial charge in [0.25, 0.3) is 0 Å². The number of piperidine rings is 1. The molecule has 1 heterocycles. The predicted molar refractivity (Wildman–Crippen MR) is 120 cm³/mol. The van der Waals surface area contributed by atoms with Crippen LogP contribution in [0.15, 0.2) is 78.9 Å². The van der Waals surface area contributed by atoms with Gasteiger partial charge in [-0.3, -0.25) is 4.79 Å². The summed E-state index contributed by atoms with van der Waals surface area (Å²) in [7, 11) is 0. The maximum Gasteiger partial charge on any atom is 0.319 e. The van der Waals surface area contributed by atoms with Crippen LogP contribution in [0.25, 0.3) is 11.1 Å². The molecule has 1 aliphatic heterocycles. The van der Waals surface area contributed by atoms with Crippen molar-refractivity contribution >= 4 is 29.0 Å². The lowest BCUT2D eigenvalue weighted by Crippen LogP contribution is -2.53. The molecule has 3 amide bonds. The topological polar surface area (TPSA) is 87.5 Å². The van der Waals surface area contributed by atoms with Crippen LogP contribution in [-0.4, -0.2) is 24.5 Å².